The summed E-state index contributed by atoms with van der Waals surface area (Å²) in [6, 6.07) is 12.1. The second-order valence-corrected chi connectivity index (χ2v) is 6.37. The lowest BCUT2D eigenvalue weighted by Crippen LogP contribution is -2.25. The fraction of sp³-hybridized carbons (Fsp3) is 0.235. The minimum Gasteiger partial charge on any atom is -0.286 e. The first-order chi connectivity index (χ1) is 10.7. The summed E-state index contributed by atoms with van der Waals surface area (Å²) in [6.07, 6.45) is 3.44. The van der Waals surface area contributed by atoms with E-state index in [0.29, 0.717) is 6.42 Å². The molecule has 1 atom stereocenters. The Morgan fingerprint density at radius 2 is 1.82 bits per heavy atom. The second-order valence-electron chi connectivity index (χ2n) is 5.19. The number of pyridine rings is 1. The minimum atomic E-state index is -0.319. The molecule has 1 fully saturated rings. The SMILES string of the molecule is CCc1ccc(-c2ccc(CC3SC(=O)NC3=O)cc2)nc1. The molecule has 0 bridgehead atoms. The van der Waals surface area contributed by atoms with E-state index in [1.807, 2.05) is 36.5 Å². The van der Waals surface area contributed by atoms with Crippen molar-refractivity contribution in [3.05, 3.63) is 53.7 Å². The molecule has 1 aliphatic heterocycles. The summed E-state index contributed by atoms with van der Waals surface area (Å²) < 4.78 is 0. The van der Waals surface area contributed by atoms with Crippen LogP contribution >= 0.6 is 11.8 Å². The lowest BCUT2D eigenvalue weighted by Gasteiger charge is -2.07. The third-order valence-corrected chi connectivity index (χ3v) is 4.65. The number of amides is 2. The molecule has 1 saturated heterocycles. The highest BCUT2D eigenvalue weighted by molar-refractivity contribution is 8.15. The normalized spacial score (nSPS) is 17.6. The maximum Gasteiger partial charge on any atom is 0.286 e. The van der Waals surface area contributed by atoms with Gasteiger partial charge in [-0.25, -0.2) is 0 Å². The van der Waals surface area contributed by atoms with E-state index in [2.05, 4.69) is 23.3 Å². The second kappa shape index (κ2) is 6.32. The van der Waals surface area contributed by atoms with Crippen molar-refractivity contribution in [1.29, 1.82) is 0 Å². The van der Waals surface area contributed by atoms with Gasteiger partial charge in [-0.05, 0) is 30.0 Å². The molecule has 112 valence electrons. The number of thioether (sulfide) groups is 1. The van der Waals surface area contributed by atoms with Gasteiger partial charge in [-0.3, -0.25) is 19.9 Å². The summed E-state index contributed by atoms with van der Waals surface area (Å²) in [5.74, 6) is -0.198. The number of hydrogen-bond donors (Lipinski definition) is 1. The third-order valence-electron chi connectivity index (χ3n) is 3.67. The molecule has 5 heteroatoms. The van der Waals surface area contributed by atoms with Gasteiger partial charge in [0.2, 0.25) is 5.91 Å². The van der Waals surface area contributed by atoms with Crippen molar-refractivity contribution in [2.24, 2.45) is 0 Å². The van der Waals surface area contributed by atoms with Crippen molar-refractivity contribution in [2.75, 3.05) is 0 Å². The number of carbonyl (C=O) groups is 2. The number of rotatable bonds is 4. The van der Waals surface area contributed by atoms with Gasteiger partial charge >= 0.3 is 0 Å². The van der Waals surface area contributed by atoms with E-state index in [1.54, 1.807) is 0 Å². The Morgan fingerprint density at radius 1 is 1.09 bits per heavy atom. The van der Waals surface area contributed by atoms with E-state index in [1.165, 1.54) is 5.56 Å². The molecule has 1 aliphatic rings. The lowest BCUT2D eigenvalue weighted by atomic mass is 10.0. The summed E-state index contributed by atoms with van der Waals surface area (Å²) in [7, 11) is 0. The number of imide groups is 1. The predicted molar refractivity (Wildman–Crippen MR) is 87.7 cm³/mol. The highest BCUT2D eigenvalue weighted by atomic mass is 32.2. The number of hydrogen-bond acceptors (Lipinski definition) is 4. The number of nitrogens with one attached hydrogen (secondary N) is 1. The maximum atomic E-state index is 11.6. The quantitative estimate of drug-likeness (QED) is 0.942. The van der Waals surface area contributed by atoms with Crippen molar-refractivity contribution >= 4 is 22.9 Å². The number of carbonyl (C=O) groups excluding carboxylic acids is 2. The monoisotopic (exact) mass is 312 g/mol. The van der Waals surface area contributed by atoms with Crippen molar-refractivity contribution in [3.8, 4) is 11.3 Å². The summed E-state index contributed by atoms with van der Waals surface area (Å²) in [5, 5.41) is 1.73. The molecule has 2 heterocycles. The molecule has 1 aromatic heterocycles. The van der Waals surface area contributed by atoms with Gasteiger partial charge in [0.15, 0.2) is 0 Å². The molecule has 0 radical (unpaired) electrons. The first-order valence-corrected chi connectivity index (χ1v) is 8.09. The molecule has 1 unspecified atom stereocenters. The third kappa shape index (κ3) is 3.20. The fourth-order valence-electron chi connectivity index (χ4n) is 2.36. The average molecular weight is 312 g/mol. The van der Waals surface area contributed by atoms with E-state index < -0.39 is 0 Å². The van der Waals surface area contributed by atoms with Crippen molar-refractivity contribution in [3.63, 3.8) is 0 Å². The number of benzene rings is 1. The van der Waals surface area contributed by atoms with E-state index in [9.17, 15) is 9.59 Å². The Labute approximate surface area is 133 Å². The van der Waals surface area contributed by atoms with Gasteiger partial charge in [-0.15, -0.1) is 0 Å². The minimum absolute atomic E-state index is 0.198. The van der Waals surface area contributed by atoms with Crippen molar-refractivity contribution < 1.29 is 9.59 Å². The van der Waals surface area contributed by atoms with Crippen LogP contribution in [-0.2, 0) is 17.6 Å². The smallest absolute Gasteiger partial charge is 0.286 e. The highest BCUT2D eigenvalue weighted by Crippen LogP contribution is 2.24. The molecule has 1 N–H and O–H groups in total. The molecule has 22 heavy (non-hydrogen) atoms. The van der Waals surface area contributed by atoms with Crippen LogP contribution in [0.5, 0.6) is 0 Å². The largest absolute Gasteiger partial charge is 0.286 e. The van der Waals surface area contributed by atoms with Crippen LogP contribution in [0.4, 0.5) is 4.79 Å². The average Bonchev–Trinajstić information content (AvgIpc) is 2.86. The van der Waals surface area contributed by atoms with Crippen LogP contribution < -0.4 is 5.32 Å². The van der Waals surface area contributed by atoms with E-state index in [-0.39, 0.29) is 16.4 Å². The Kier molecular flexibility index (Phi) is 4.24. The molecule has 0 saturated carbocycles. The molecule has 1 aromatic carbocycles. The van der Waals surface area contributed by atoms with E-state index in [0.717, 1.165) is 35.0 Å². The van der Waals surface area contributed by atoms with Crippen LogP contribution in [0.25, 0.3) is 11.3 Å². The van der Waals surface area contributed by atoms with Crippen molar-refractivity contribution in [2.45, 2.75) is 25.0 Å². The van der Waals surface area contributed by atoms with Crippen molar-refractivity contribution in [1.82, 2.24) is 10.3 Å². The first kappa shape index (κ1) is 14.8. The van der Waals surface area contributed by atoms with Crippen LogP contribution in [0.15, 0.2) is 42.6 Å². The molecule has 3 rings (SSSR count). The summed E-state index contributed by atoms with van der Waals surface area (Å²) in [5.41, 5.74) is 4.24. The summed E-state index contributed by atoms with van der Waals surface area (Å²) in [4.78, 5) is 27.2. The Bertz CT molecular complexity index is 696. The summed E-state index contributed by atoms with van der Waals surface area (Å²) >= 11 is 1.06. The van der Waals surface area contributed by atoms with Gasteiger partial charge in [-0.2, -0.15) is 0 Å². The molecule has 0 spiro atoms. The fourth-order valence-corrected chi connectivity index (χ4v) is 3.22. The Balaban J connectivity index is 1.72. The van der Waals surface area contributed by atoms with E-state index in [4.69, 9.17) is 0 Å². The zero-order valence-corrected chi connectivity index (χ0v) is 13.0. The Morgan fingerprint density at radius 3 is 2.36 bits per heavy atom. The van der Waals surface area contributed by atoms with Gasteiger partial charge in [0.05, 0.1) is 10.9 Å². The highest BCUT2D eigenvalue weighted by Gasteiger charge is 2.31. The van der Waals surface area contributed by atoms with Gasteiger partial charge in [0.25, 0.3) is 5.24 Å². The lowest BCUT2D eigenvalue weighted by molar-refractivity contribution is -0.118. The van der Waals surface area contributed by atoms with E-state index >= 15 is 0 Å². The first-order valence-electron chi connectivity index (χ1n) is 7.21. The molecular weight excluding hydrogens is 296 g/mol. The molecule has 2 aromatic rings. The zero-order valence-electron chi connectivity index (χ0n) is 12.2. The molecule has 4 nitrogen and oxygen atoms in total. The van der Waals surface area contributed by atoms with Crippen LogP contribution in [0.1, 0.15) is 18.1 Å². The molecule has 0 aliphatic carbocycles. The number of aromatic nitrogens is 1. The van der Waals surface area contributed by atoms with Crippen LogP contribution in [0.2, 0.25) is 0 Å². The van der Waals surface area contributed by atoms with Gasteiger partial charge in [0, 0.05) is 11.8 Å². The number of nitrogens with zero attached hydrogens (tertiary/aromatic N) is 1. The standard InChI is InChI=1S/C17H16N2O2S/c1-2-11-5-8-14(18-10-11)13-6-3-12(4-7-13)9-15-16(20)19-17(21)22-15/h3-8,10,15H,2,9H2,1H3,(H,19,20,21). The topological polar surface area (TPSA) is 59.1 Å². The van der Waals surface area contributed by atoms with Crippen LogP contribution in [-0.4, -0.2) is 21.4 Å². The van der Waals surface area contributed by atoms with Crippen LogP contribution in [0.3, 0.4) is 0 Å². The summed E-state index contributed by atoms with van der Waals surface area (Å²) in [6.45, 7) is 2.10. The van der Waals surface area contributed by atoms with Gasteiger partial charge < -0.3 is 0 Å². The Hall–Kier alpha value is -2.14. The predicted octanol–water partition coefficient (Wildman–Crippen LogP) is 3.21. The van der Waals surface area contributed by atoms with Gasteiger partial charge in [0.1, 0.15) is 0 Å². The zero-order chi connectivity index (χ0) is 15.5. The number of aryl methyl sites for hydroxylation is 1. The molecular formula is C17H16N2O2S. The molecule has 2 amide bonds. The van der Waals surface area contributed by atoms with Gasteiger partial charge in [-0.1, -0.05) is 49.0 Å². The maximum absolute atomic E-state index is 11.6. The van der Waals surface area contributed by atoms with Crippen LogP contribution in [0, 0.1) is 0 Å².